The summed E-state index contributed by atoms with van der Waals surface area (Å²) in [5.74, 6) is 0.707. The fraction of sp³-hybridized carbons (Fsp3) is 0.481. The molecule has 1 saturated carbocycles. The topological polar surface area (TPSA) is 58.6 Å². The molecular formula is C27H36N2O3. The van der Waals surface area contributed by atoms with E-state index in [2.05, 4.69) is 23.5 Å². The van der Waals surface area contributed by atoms with Gasteiger partial charge in [0.05, 0.1) is 13.5 Å². The number of benzene rings is 2. The number of carbonyl (C=O) groups is 2. The summed E-state index contributed by atoms with van der Waals surface area (Å²) in [6.07, 6.45) is 5.23. The van der Waals surface area contributed by atoms with E-state index < -0.39 is 6.04 Å². The van der Waals surface area contributed by atoms with E-state index in [0.717, 1.165) is 53.7 Å². The Labute approximate surface area is 192 Å². The van der Waals surface area contributed by atoms with Gasteiger partial charge in [-0.15, -0.1) is 0 Å². The Morgan fingerprint density at radius 1 is 1.09 bits per heavy atom. The van der Waals surface area contributed by atoms with Crippen LogP contribution in [0.3, 0.4) is 0 Å². The second kappa shape index (κ2) is 11.2. The minimum absolute atomic E-state index is 0.0251. The lowest BCUT2D eigenvalue weighted by molar-refractivity contribution is -0.141. The Morgan fingerprint density at radius 3 is 2.41 bits per heavy atom. The van der Waals surface area contributed by atoms with Gasteiger partial charge in [-0.05, 0) is 61.9 Å². The first-order chi connectivity index (χ1) is 15.4. The zero-order chi connectivity index (χ0) is 23.1. The highest BCUT2D eigenvalue weighted by molar-refractivity contribution is 5.88. The highest BCUT2D eigenvalue weighted by Gasteiger charge is 2.30. The molecule has 5 nitrogen and oxygen atoms in total. The molecule has 3 rings (SSSR count). The minimum atomic E-state index is -0.490. The number of ether oxygens (including phenoxy) is 1. The number of nitrogens with zero attached hydrogens (tertiary/aromatic N) is 1. The first-order valence-electron chi connectivity index (χ1n) is 11.7. The molecular weight excluding hydrogens is 400 g/mol. The maximum Gasteiger partial charge on any atom is 0.243 e. The monoisotopic (exact) mass is 436 g/mol. The van der Waals surface area contributed by atoms with E-state index in [1.807, 2.05) is 45.0 Å². The van der Waals surface area contributed by atoms with E-state index in [9.17, 15) is 9.59 Å². The fourth-order valence-electron chi connectivity index (χ4n) is 4.47. The molecule has 0 aromatic heterocycles. The number of nitrogens with one attached hydrogen (secondary N) is 1. The van der Waals surface area contributed by atoms with Crippen molar-refractivity contribution in [3.63, 3.8) is 0 Å². The predicted molar refractivity (Wildman–Crippen MR) is 128 cm³/mol. The molecule has 1 fully saturated rings. The molecule has 2 aromatic carbocycles. The van der Waals surface area contributed by atoms with Crippen molar-refractivity contribution in [1.82, 2.24) is 10.2 Å². The molecule has 1 aliphatic carbocycles. The second-order valence-corrected chi connectivity index (χ2v) is 8.89. The van der Waals surface area contributed by atoms with Crippen LogP contribution in [0.15, 0.2) is 42.5 Å². The maximum absolute atomic E-state index is 13.6. The van der Waals surface area contributed by atoms with Gasteiger partial charge in [0.25, 0.3) is 0 Å². The summed E-state index contributed by atoms with van der Waals surface area (Å²) in [5.41, 5.74) is 4.22. The molecule has 5 heteroatoms. The first-order valence-corrected chi connectivity index (χ1v) is 11.7. The van der Waals surface area contributed by atoms with Gasteiger partial charge in [0.15, 0.2) is 0 Å². The minimum Gasteiger partial charge on any atom is -0.497 e. The number of hydrogen-bond donors (Lipinski definition) is 1. The van der Waals surface area contributed by atoms with E-state index in [4.69, 9.17) is 4.74 Å². The van der Waals surface area contributed by atoms with Crippen LogP contribution in [0.4, 0.5) is 0 Å². The van der Waals surface area contributed by atoms with Crippen LogP contribution in [0.2, 0.25) is 0 Å². The molecule has 1 N–H and O–H groups in total. The van der Waals surface area contributed by atoms with Crippen LogP contribution >= 0.6 is 0 Å². The summed E-state index contributed by atoms with van der Waals surface area (Å²) in [7, 11) is 1.63. The Hall–Kier alpha value is -2.82. The molecule has 1 aliphatic rings. The van der Waals surface area contributed by atoms with Gasteiger partial charge in [-0.25, -0.2) is 0 Å². The smallest absolute Gasteiger partial charge is 0.243 e. The van der Waals surface area contributed by atoms with Crippen LogP contribution in [0, 0.1) is 13.8 Å². The van der Waals surface area contributed by atoms with E-state index in [1.165, 1.54) is 0 Å². The summed E-state index contributed by atoms with van der Waals surface area (Å²) in [4.78, 5) is 28.5. The summed E-state index contributed by atoms with van der Waals surface area (Å²) in [5, 5.41) is 3.20. The van der Waals surface area contributed by atoms with Crippen LogP contribution in [-0.2, 0) is 22.6 Å². The van der Waals surface area contributed by atoms with E-state index >= 15 is 0 Å². The van der Waals surface area contributed by atoms with Crippen molar-refractivity contribution in [1.29, 1.82) is 0 Å². The number of carbonyl (C=O) groups excluding carboxylic acids is 2. The lowest BCUT2D eigenvalue weighted by Gasteiger charge is -2.32. The molecule has 32 heavy (non-hydrogen) atoms. The molecule has 0 radical (unpaired) electrons. The predicted octanol–water partition coefficient (Wildman–Crippen LogP) is 4.72. The third kappa shape index (κ3) is 6.12. The van der Waals surface area contributed by atoms with Crippen molar-refractivity contribution in [2.75, 3.05) is 7.11 Å². The Kier molecular flexibility index (Phi) is 8.32. The molecule has 0 spiro atoms. The van der Waals surface area contributed by atoms with Gasteiger partial charge in [-0.3, -0.25) is 9.59 Å². The van der Waals surface area contributed by atoms with E-state index in [1.54, 1.807) is 12.0 Å². The summed E-state index contributed by atoms with van der Waals surface area (Å²) >= 11 is 0. The van der Waals surface area contributed by atoms with Crippen LogP contribution in [0.5, 0.6) is 5.75 Å². The zero-order valence-corrected chi connectivity index (χ0v) is 19.8. The Balaban J connectivity index is 1.84. The van der Waals surface area contributed by atoms with Gasteiger partial charge >= 0.3 is 0 Å². The SMILES string of the molecule is CC[C@@H](C(=O)NC1CCCC1)N(Cc1ccc(OC)cc1)C(=O)Cc1cc(C)ccc1C. The highest BCUT2D eigenvalue weighted by atomic mass is 16.5. The molecule has 172 valence electrons. The van der Waals surface area contributed by atoms with Crippen LogP contribution in [0.1, 0.15) is 61.3 Å². The number of aryl methyl sites for hydroxylation is 2. The lowest BCUT2D eigenvalue weighted by Crippen LogP contribution is -2.51. The fourth-order valence-corrected chi connectivity index (χ4v) is 4.47. The molecule has 0 bridgehead atoms. The van der Waals surface area contributed by atoms with Crippen molar-refractivity contribution in [3.05, 3.63) is 64.7 Å². The quantitative estimate of drug-likeness (QED) is 0.619. The summed E-state index contributed by atoms with van der Waals surface area (Å²) in [6, 6.07) is 13.6. The van der Waals surface area contributed by atoms with Gasteiger partial charge in [0.1, 0.15) is 11.8 Å². The van der Waals surface area contributed by atoms with E-state index in [-0.39, 0.29) is 24.3 Å². The molecule has 1 atom stereocenters. The van der Waals surface area contributed by atoms with Gasteiger partial charge in [0, 0.05) is 12.6 Å². The third-order valence-electron chi connectivity index (χ3n) is 6.45. The number of rotatable bonds is 9. The molecule has 0 unspecified atom stereocenters. The standard InChI is InChI=1S/C27H36N2O3/c1-5-25(27(31)28-23-8-6-7-9-23)29(18-21-12-14-24(32-4)15-13-21)26(30)17-22-16-19(2)10-11-20(22)3/h10-16,23,25H,5-9,17-18H2,1-4H3,(H,28,31)/t25-/m0/s1. The van der Waals surface area contributed by atoms with Crippen molar-refractivity contribution >= 4 is 11.8 Å². The molecule has 2 amide bonds. The van der Waals surface area contributed by atoms with E-state index in [0.29, 0.717) is 13.0 Å². The largest absolute Gasteiger partial charge is 0.497 e. The average Bonchev–Trinajstić information content (AvgIpc) is 3.29. The molecule has 2 aromatic rings. The molecule has 0 heterocycles. The van der Waals surface area contributed by atoms with Gasteiger partial charge in [-0.2, -0.15) is 0 Å². The van der Waals surface area contributed by atoms with Crippen LogP contribution in [0.25, 0.3) is 0 Å². The Morgan fingerprint density at radius 2 is 1.78 bits per heavy atom. The van der Waals surface area contributed by atoms with Crippen molar-refractivity contribution in [2.24, 2.45) is 0 Å². The van der Waals surface area contributed by atoms with Gasteiger partial charge < -0.3 is 15.0 Å². The van der Waals surface area contributed by atoms with Crippen molar-refractivity contribution in [2.45, 2.75) is 77.9 Å². The number of amides is 2. The third-order valence-corrected chi connectivity index (χ3v) is 6.45. The van der Waals surface area contributed by atoms with Crippen molar-refractivity contribution in [3.8, 4) is 5.75 Å². The second-order valence-electron chi connectivity index (χ2n) is 8.89. The van der Waals surface area contributed by atoms with Crippen molar-refractivity contribution < 1.29 is 14.3 Å². The maximum atomic E-state index is 13.6. The zero-order valence-electron chi connectivity index (χ0n) is 19.8. The summed E-state index contributed by atoms with van der Waals surface area (Å²) in [6.45, 7) is 6.43. The van der Waals surface area contributed by atoms with Crippen LogP contribution in [-0.4, -0.2) is 35.9 Å². The van der Waals surface area contributed by atoms with Crippen LogP contribution < -0.4 is 10.1 Å². The lowest BCUT2D eigenvalue weighted by atomic mass is 10.0. The summed E-state index contributed by atoms with van der Waals surface area (Å²) < 4.78 is 5.26. The molecule has 0 saturated heterocycles. The average molecular weight is 437 g/mol. The van der Waals surface area contributed by atoms with Gasteiger partial charge in [-0.1, -0.05) is 55.7 Å². The first kappa shape index (κ1) is 23.8. The number of hydrogen-bond acceptors (Lipinski definition) is 3. The normalized spacial score (nSPS) is 14.8. The number of methoxy groups -OCH3 is 1. The highest BCUT2D eigenvalue weighted by Crippen LogP contribution is 2.21. The van der Waals surface area contributed by atoms with Gasteiger partial charge in [0.2, 0.25) is 11.8 Å². The Bertz CT molecular complexity index is 917. The molecule has 0 aliphatic heterocycles.